The molecule has 0 aliphatic carbocycles. The van der Waals surface area contributed by atoms with E-state index in [1.807, 2.05) is 48.5 Å². The summed E-state index contributed by atoms with van der Waals surface area (Å²) >= 11 is 0. The molecule has 1 fully saturated rings. The lowest BCUT2D eigenvalue weighted by molar-refractivity contribution is 0.263. The number of aromatic hydroxyl groups is 1. The van der Waals surface area contributed by atoms with Crippen LogP contribution in [0.2, 0.25) is 0 Å². The Morgan fingerprint density at radius 3 is 2.34 bits per heavy atom. The Morgan fingerprint density at radius 2 is 1.74 bits per heavy atom. The van der Waals surface area contributed by atoms with Crippen LogP contribution in [0, 0.1) is 11.8 Å². The molecule has 4 rings (SSSR count). The summed E-state index contributed by atoms with van der Waals surface area (Å²) in [5, 5.41) is 23.1. The molecule has 8 nitrogen and oxygen atoms in total. The lowest BCUT2D eigenvalue weighted by Crippen LogP contribution is -2.28. The Bertz CT molecular complexity index is 1260. The van der Waals surface area contributed by atoms with Crippen molar-refractivity contribution < 1.29 is 19.3 Å². The first-order chi connectivity index (χ1) is 16.8. The number of aromatic nitrogens is 2. The van der Waals surface area contributed by atoms with Crippen LogP contribution in [0.15, 0.2) is 59.7 Å². The molecule has 1 saturated heterocycles. The highest BCUT2D eigenvalue weighted by Gasteiger charge is 2.27. The summed E-state index contributed by atoms with van der Waals surface area (Å²) in [6.07, 6.45) is 2.26. The van der Waals surface area contributed by atoms with Crippen LogP contribution in [-0.4, -0.2) is 53.4 Å². The van der Waals surface area contributed by atoms with E-state index in [0.717, 1.165) is 28.7 Å². The first kappa shape index (κ1) is 25.0. The lowest BCUT2D eigenvalue weighted by Gasteiger charge is -2.26. The van der Waals surface area contributed by atoms with Gasteiger partial charge in [0.2, 0.25) is 5.75 Å². The van der Waals surface area contributed by atoms with Crippen LogP contribution in [0.3, 0.4) is 0 Å². The van der Waals surface area contributed by atoms with Crippen LogP contribution < -0.4 is 10.9 Å². The molecule has 1 aromatic heterocycles. The van der Waals surface area contributed by atoms with Gasteiger partial charge in [-0.3, -0.25) is 13.9 Å². The molecule has 2 aromatic carbocycles. The minimum atomic E-state index is -2.39. The standard InChI is InChI=1S/C26H29N3O5S/c30-15-22(13-24-25(31)26(32)29-17-28-24)21-9-7-19(8-10-21)2-1-18-3-5-20(6-4-18)14-27-23-11-12-35(33,34)16-23/h3-10,17,22-23,27,30-31,33-34H,11-16H2,(H,28,29,32)/t22?,23-/m1/s1. The Labute approximate surface area is 205 Å². The van der Waals surface area contributed by atoms with E-state index in [1.54, 1.807) is 0 Å². The number of benzene rings is 2. The normalized spacial score (nSPS) is 18.4. The van der Waals surface area contributed by atoms with Crippen molar-refractivity contribution >= 4 is 10.6 Å². The van der Waals surface area contributed by atoms with Gasteiger partial charge in [0.05, 0.1) is 24.4 Å². The second-order valence-corrected chi connectivity index (χ2v) is 11.1. The van der Waals surface area contributed by atoms with E-state index in [4.69, 9.17) is 0 Å². The molecular weight excluding hydrogens is 466 g/mol. The van der Waals surface area contributed by atoms with Crippen molar-refractivity contribution in [1.82, 2.24) is 15.3 Å². The highest BCUT2D eigenvalue weighted by atomic mass is 32.3. The Morgan fingerprint density at radius 1 is 1.09 bits per heavy atom. The van der Waals surface area contributed by atoms with Crippen LogP contribution in [0.4, 0.5) is 0 Å². The number of aliphatic hydroxyl groups excluding tert-OH is 1. The van der Waals surface area contributed by atoms with Gasteiger partial charge in [0.1, 0.15) is 0 Å². The largest absolute Gasteiger partial charge is 0.502 e. The SMILES string of the molecule is O=c1[nH]cnc(CC(CO)c2ccc(C#Cc3ccc(CN[C@@H]4CCS(O)(O)C4)cc3)cc2)c1O. The second-order valence-electron chi connectivity index (χ2n) is 8.72. The molecule has 0 spiro atoms. The molecule has 0 saturated carbocycles. The number of aromatic amines is 1. The summed E-state index contributed by atoms with van der Waals surface area (Å²) in [6, 6.07) is 15.6. The molecule has 0 bridgehead atoms. The first-order valence-electron chi connectivity index (χ1n) is 11.4. The number of nitrogens with one attached hydrogen (secondary N) is 2. The quantitative estimate of drug-likeness (QED) is 0.277. The zero-order valence-corrected chi connectivity index (χ0v) is 20.0. The average Bonchev–Trinajstić information content (AvgIpc) is 3.22. The Kier molecular flexibility index (Phi) is 7.90. The van der Waals surface area contributed by atoms with Gasteiger partial charge >= 0.3 is 0 Å². The smallest absolute Gasteiger partial charge is 0.293 e. The molecule has 0 radical (unpaired) electrons. The van der Waals surface area contributed by atoms with Gasteiger partial charge in [-0.05, 0) is 41.8 Å². The summed E-state index contributed by atoms with van der Waals surface area (Å²) in [5.41, 5.74) is 3.33. The predicted molar refractivity (Wildman–Crippen MR) is 137 cm³/mol. The number of rotatable bonds is 7. The van der Waals surface area contributed by atoms with Crippen molar-refractivity contribution in [3.8, 4) is 17.6 Å². The molecule has 0 amide bonds. The van der Waals surface area contributed by atoms with Crippen molar-refractivity contribution in [2.75, 3.05) is 18.1 Å². The fourth-order valence-electron chi connectivity index (χ4n) is 4.03. The highest BCUT2D eigenvalue weighted by molar-refractivity contribution is 8.24. The minimum absolute atomic E-state index is 0.144. The van der Waals surface area contributed by atoms with E-state index in [0.29, 0.717) is 18.1 Å². The van der Waals surface area contributed by atoms with Gasteiger partial charge in [-0.15, -0.1) is 0 Å². The van der Waals surface area contributed by atoms with E-state index in [2.05, 4.69) is 27.1 Å². The maximum Gasteiger partial charge on any atom is 0.293 e. The molecule has 6 N–H and O–H groups in total. The van der Waals surface area contributed by atoms with E-state index in [9.17, 15) is 24.1 Å². The number of aliphatic hydroxyl groups is 1. The summed E-state index contributed by atoms with van der Waals surface area (Å²) in [5.74, 6) is 6.46. The number of hydrogen-bond donors (Lipinski definition) is 6. The van der Waals surface area contributed by atoms with Crippen molar-refractivity contribution in [1.29, 1.82) is 0 Å². The van der Waals surface area contributed by atoms with Crippen molar-refractivity contribution in [3.05, 3.63) is 93.2 Å². The third-order valence-electron chi connectivity index (χ3n) is 6.11. The van der Waals surface area contributed by atoms with Crippen LogP contribution in [0.1, 0.15) is 40.3 Å². The van der Waals surface area contributed by atoms with Gasteiger partial charge in [-0.1, -0.05) is 36.1 Å². The van der Waals surface area contributed by atoms with Crippen LogP contribution in [0.25, 0.3) is 0 Å². The van der Waals surface area contributed by atoms with Gasteiger partial charge < -0.3 is 20.5 Å². The average molecular weight is 496 g/mol. The molecule has 9 heteroatoms. The van der Waals surface area contributed by atoms with Gasteiger partial charge in [0.15, 0.2) is 0 Å². The topological polar surface area (TPSA) is 139 Å². The van der Waals surface area contributed by atoms with Crippen LogP contribution >= 0.6 is 10.6 Å². The Balaban J connectivity index is 1.34. The van der Waals surface area contributed by atoms with Crippen LogP contribution in [0.5, 0.6) is 5.75 Å². The summed E-state index contributed by atoms with van der Waals surface area (Å²) in [7, 11) is -2.39. The van der Waals surface area contributed by atoms with Gasteiger partial charge in [0, 0.05) is 41.8 Å². The second kappa shape index (κ2) is 11.1. The predicted octanol–water partition coefficient (Wildman–Crippen LogP) is 2.81. The molecule has 2 heterocycles. The van der Waals surface area contributed by atoms with Gasteiger partial charge in [0.25, 0.3) is 5.56 Å². The van der Waals surface area contributed by atoms with E-state index in [-0.39, 0.29) is 30.7 Å². The maximum absolute atomic E-state index is 11.6. The molecule has 35 heavy (non-hydrogen) atoms. The summed E-state index contributed by atoms with van der Waals surface area (Å²) in [4.78, 5) is 17.9. The zero-order chi connectivity index (χ0) is 24.8. The monoisotopic (exact) mass is 495 g/mol. The summed E-state index contributed by atoms with van der Waals surface area (Å²) in [6.45, 7) is 0.523. The third kappa shape index (κ3) is 6.72. The van der Waals surface area contributed by atoms with Gasteiger partial charge in [-0.25, -0.2) is 4.98 Å². The highest BCUT2D eigenvalue weighted by Crippen LogP contribution is 2.45. The third-order valence-corrected chi connectivity index (χ3v) is 7.93. The van der Waals surface area contributed by atoms with Crippen molar-refractivity contribution in [3.63, 3.8) is 0 Å². The fraction of sp³-hybridized carbons (Fsp3) is 0.308. The number of hydrogen-bond acceptors (Lipinski definition) is 7. The van der Waals surface area contributed by atoms with E-state index in [1.165, 1.54) is 6.33 Å². The first-order valence-corrected chi connectivity index (χ1v) is 13.3. The molecular formula is C26H29N3O5S. The molecule has 2 atom stereocenters. The molecule has 184 valence electrons. The number of nitrogens with zero attached hydrogens (tertiary/aromatic N) is 1. The zero-order valence-electron chi connectivity index (χ0n) is 19.1. The van der Waals surface area contributed by atoms with Crippen LogP contribution in [-0.2, 0) is 13.0 Å². The van der Waals surface area contributed by atoms with Gasteiger partial charge in [-0.2, -0.15) is 10.6 Å². The molecule has 1 aliphatic rings. The van der Waals surface area contributed by atoms with Crippen molar-refractivity contribution in [2.24, 2.45) is 0 Å². The fourth-order valence-corrected chi connectivity index (χ4v) is 5.79. The lowest BCUT2D eigenvalue weighted by atomic mass is 9.94. The molecule has 1 unspecified atom stereocenters. The van der Waals surface area contributed by atoms with E-state index >= 15 is 0 Å². The molecule has 1 aliphatic heterocycles. The summed E-state index contributed by atoms with van der Waals surface area (Å²) < 4.78 is 19.5. The molecule has 3 aromatic rings. The van der Waals surface area contributed by atoms with E-state index < -0.39 is 21.9 Å². The van der Waals surface area contributed by atoms with Crippen molar-refractivity contribution in [2.45, 2.75) is 31.3 Å². The maximum atomic E-state index is 11.6. The number of H-pyrrole nitrogens is 1. The minimum Gasteiger partial charge on any atom is -0.502 e. The Hall–Kier alpha value is -3.13.